The fraction of sp³-hybridized carbons (Fsp3) is 0.941. The van der Waals surface area contributed by atoms with Gasteiger partial charge in [0.1, 0.15) is 5.78 Å². The van der Waals surface area contributed by atoms with Gasteiger partial charge in [-0.15, -0.1) is 11.8 Å². The van der Waals surface area contributed by atoms with Gasteiger partial charge in [0.2, 0.25) is 0 Å². The standard InChI is InChI=1S/C17H32OS2/c1-4-5-6-7-8-9-10-11-12-16(18)17-13-19-14(2)15(3)20-17/h14-15,17H,4-13H2,1-3H3. The van der Waals surface area contributed by atoms with E-state index < -0.39 is 0 Å². The highest BCUT2D eigenvalue weighted by molar-refractivity contribution is 8.08. The molecule has 1 aliphatic heterocycles. The van der Waals surface area contributed by atoms with Gasteiger partial charge in [0.15, 0.2) is 0 Å². The fourth-order valence-corrected chi connectivity index (χ4v) is 5.47. The van der Waals surface area contributed by atoms with Gasteiger partial charge < -0.3 is 0 Å². The number of carbonyl (C=O) groups excluding carboxylic acids is 1. The smallest absolute Gasteiger partial charge is 0.146 e. The molecule has 118 valence electrons. The number of carbonyl (C=O) groups is 1. The predicted molar refractivity (Wildman–Crippen MR) is 95.0 cm³/mol. The molecule has 1 nitrogen and oxygen atoms in total. The maximum Gasteiger partial charge on any atom is 0.146 e. The van der Waals surface area contributed by atoms with E-state index in [4.69, 9.17) is 0 Å². The lowest BCUT2D eigenvalue weighted by atomic mass is 10.1. The molecule has 0 aromatic carbocycles. The van der Waals surface area contributed by atoms with Crippen molar-refractivity contribution >= 4 is 29.3 Å². The summed E-state index contributed by atoms with van der Waals surface area (Å²) in [5.74, 6) is 1.54. The van der Waals surface area contributed by atoms with Crippen LogP contribution in [0.15, 0.2) is 0 Å². The van der Waals surface area contributed by atoms with Crippen LogP contribution in [0.2, 0.25) is 0 Å². The van der Waals surface area contributed by atoms with Gasteiger partial charge in [0.25, 0.3) is 0 Å². The molecule has 1 rings (SSSR count). The van der Waals surface area contributed by atoms with Crippen LogP contribution in [0.3, 0.4) is 0 Å². The lowest BCUT2D eigenvalue weighted by Gasteiger charge is -2.30. The Morgan fingerprint density at radius 3 is 2.15 bits per heavy atom. The first-order valence-electron chi connectivity index (χ1n) is 8.45. The van der Waals surface area contributed by atoms with Crippen molar-refractivity contribution < 1.29 is 4.79 Å². The Labute approximate surface area is 134 Å². The second-order valence-corrected chi connectivity index (χ2v) is 9.05. The molecule has 0 aromatic heterocycles. The number of unbranched alkanes of at least 4 members (excludes halogenated alkanes) is 7. The third kappa shape index (κ3) is 7.40. The summed E-state index contributed by atoms with van der Waals surface area (Å²) in [7, 11) is 0. The van der Waals surface area contributed by atoms with Crippen molar-refractivity contribution in [3.8, 4) is 0 Å². The number of thioether (sulfide) groups is 2. The van der Waals surface area contributed by atoms with E-state index in [-0.39, 0.29) is 5.25 Å². The molecule has 3 unspecified atom stereocenters. The van der Waals surface area contributed by atoms with Crippen molar-refractivity contribution in [2.24, 2.45) is 0 Å². The molecule has 3 atom stereocenters. The Morgan fingerprint density at radius 1 is 0.950 bits per heavy atom. The van der Waals surface area contributed by atoms with Crippen LogP contribution >= 0.6 is 23.5 Å². The summed E-state index contributed by atoms with van der Waals surface area (Å²) in [6.07, 6.45) is 11.3. The summed E-state index contributed by atoms with van der Waals surface area (Å²) in [5, 5.41) is 1.60. The van der Waals surface area contributed by atoms with Crippen molar-refractivity contribution in [1.29, 1.82) is 0 Å². The Hall–Kier alpha value is 0.370. The number of hydrogen-bond donors (Lipinski definition) is 0. The van der Waals surface area contributed by atoms with Crippen LogP contribution < -0.4 is 0 Å². The van der Waals surface area contributed by atoms with Crippen LogP contribution in [0.5, 0.6) is 0 Å². The molecule has 0 bridgehead atoms. The van der Waals surface area contributed by atoms with Gasteiger partial charge >= 0.3 is 0 Å². The van der Waals surface area contributed by atoms with Gasteiger partial charge in [-0.25, -0.2) is 0 Å². The number of Topliss-reactive ketones (excluding diaryl/α,β-unsaturated/α-hetero) is 1. The third-order valence-electron chi connectivity index (χ3n) is 4.19. The van der Waals surface area contributed by atoms with E-state index >= 15 is 0 Å². The minimum Gasteiger partial charge on any atom is -0.298 e. The summed E-state index contributed by atoms with van der Waals surface area (Å²) in [6.45, 7) is 6.80. The van der Waals surface area contributed by atoms with E-state index in [1.165, 1.54) is 44.9 Å². The van der Waals surface area contributed by atoms with Crippen molar-refractivity contribution in [2.45, 2.75) is 94.3 Å². The Balaban J connectivity index is 2.00. The van der Waals surface area contributed by atoms with Gasteiger partial charge in [0, 0.05) is 22.7 Å². The van der Waals surface area contributed by atoms with E-state index in [2.05, 4.69) is 20.8 Å². The Bertz CT molecular complexity index is 268. The average molecular weight is 317 g/mol. The third-order valence-corrected chi connectivity index (χ3v) is 7.63. The van der Waals surface area contributed by atoms with E-state index in [0.717, 1.165) is 18.6 Å². The van der Waals surface area contributed by atoms with Gasteiger partial charge in [0.05, 0.1) is 5.25 Å². The molecule has 1 heterocycles. The largest absolute Gasteiger partial charge is 0.298 e. The Morgan fingerprint density at radius 2 is 1.55 bits per heavy atom. The molecule has 0 amide bonds. The molecule has 0 saturated carbocycles. The first-order chi connectivity index (χ1) is 9.65. The van der Waals surface area contributed by atoms with Crippen LogP contribution in [0.1, 0.15) is 78.6 Å². The number of ketones is 1. The van der Waals surface area contributed by atoms with E-state index in [9.17, 15) is 4.79 Å². The highest BCUT2D eigenvalue weighted by atomic mass is 32.2. The minimum absolute atomic E-state index is 0.274. The second kappa shape index (κ2) is 11.0. The monoisotopic (exact) mass is 316 g/mol. The van der Waals surface area contributed by atoms with Gasteiger partial charge in [-0.1, -0.05) is 65.7 Å². The minimum atomic E-state index is 0.274. The molecule has 0 radical (unpaired) electrons. The van der Waals surface area contributed by atoms with Crippen LogP contribution in [-0.2, 0) is 4.79 Å². The molecule has 20 heavy (non-hydrogen) atoms. The van der Waals surface area contributed by atoms with Crippen molar-refractivity contribution in [1.82, 2.24) is 0 Å². The molecule has 0 aromatic rings. The molecule has 1 fully saturated rings. The summed E-state index contributed by atoms with van der Waals surface area (Å²) in [4.78, 5) is 12.2. The zero-order valence-corrected chi connectivity index (χ0v) is 15.2. The van der Waals surface area contributed by atoms with Gasteiger partial charge in [-0.05, 0) is 6.42 Å². The molecular weight excluding hydrogens is 284 g/mol. The average Bonchev–Trinajstić information content (AvgIpc) is 2.44. The van der Waals surface area contributed by atoms with Crippen molar-refractivity contribution in [3.05, 3.63) is 0 Å². The van der Waals surface area contributed by atoms with Crippen LogP contribution in [-0.4, -0.2) is 27.3 Å². The summed E-state index contributed by atoms with van der Waals surface area (Å²) < 4.78 is 0. The fourth-order valence-electron chi connectivity index (χ4n) is 2.55. The van der Waals surface area contributed by atoms with E-state index in [1.54, 1.807) is 0 Å². The SMILES string of the molecule is CCCCCCCCCCC(=O)C1CSC(C)C(C)S1. The lowest BCUT2D eigenvalue weighted by Crippen LogP contribution is -2.31. The van der Waals surface area contributed by atoms with Crippen LogP contribution in [0.4, 0.5) is 0 Å². The molecule has 1 saturated heterocycles. The summed E-state index contributed by atoms with van der Waals surface area (Å²) in [5.41, 5.74) is 0. The van der Waals surface area contributed by atoms with Crippen molar-refractivity contribution in [2.75, 3.05) is 5.75 Å². The quantitative estimate of drug-likeness (QED) is 0.480. The topological polar surface area (TPSA) is 17.1 Å². The maximum atomic E-state index is 12.2. The zero-order valence-electron chi connectivity index (χ0n) is 13.5. The number of rotatable bonds is 10. The molecular formula is C17H32OS2. The van der Waals surface area contributed by atoms with Crippen molar-refractivity contribution in [3.63, 3.8) is 0 Å². The lowest BCUT2D eigenvalue weighted by molar-refractivity contribution is -0.118. The molecule has 0 N–H and O–H groups in total. The van der Waals surface area contributed by atoms with E-state index in [1.807, 2.05) is 23.5 Å². The second-order valence-electron chi connectivity index (χ2n) is 6.06. The van der Waals surface area contributed by atoms with Gasteiger partial charge in [-0.3, -0.25) is 4.79 Å². The van der Waals surface area contributed by atoms with Crippen LogP contribution in [0.25, 0.3) is 0 Å². The highest BCUT2D eigenvalue weighted by Crippen LogP contribution is 2.36. The first kappa shape index (κ1) is 18.4. The molecule has 0 aliphatic carbocycles. The zero-order chi connectivity index (χ0) is 14.8. The molecule has 0 spiro atoms. The van der Waals surface area contributed by atoms with Crippen LogP contribution in [0, 0.1) is 0 Å². The molecule has 1 aliphatic rings. The first-order valence-corrected chi connectivity index (χ1v) is 10.4. The molecule has 3 heteroatoms. The van der Waals surface area contributed by atoms with E-state index in [0.29, 0.717) is 16.3 Å². The maximum absolute atomic E-state index is 12.2. The number of hydrogen-bond acceptors (Lipinski definition) is 3. The predicted octanol–water partition coefficient (Wildman–Crippen LogP) is 5.71. The highest BCUT2D eigenvalue weighted by Gasteiger charge is 2.29. The Kier molecular flexibility index (Phi) is 10.1. The summed E-state index contributed by atoms with van der Waals surface area (Å²) >= 11 is 3.89. The summed E-state index contributed by atoms with van der Waals surface area (Å²) in [6, 6.07) is 0. The van der Waals surface area contributed by atoms with Gasteiger partial charge in [-0.2, -0.15) is 11.8 Å². The normalized spacial score (nSPS) is 26.6.